The lowest BCUT2D eigenvalue weighted by molar-refractivity contribution is -0.122. The lowest BCUT2D eigenvalue weighted by atomic mass is 9.90. The Morgan fingerprint density at radius 3 is 1.91 bits per heavy atom. The number of nitrogens with one attached hydrogen (secondary N) is 1. The number of carbonyl (C=O) groups is 2. The third-order valence-electron chi connectivity index (χ3n) is 6.29. The Kier molecular flexibility index (Phi) is 7.48. The molecule has 0 aromatic heterocycles. The molecule has 4 rings (SSSR count). The number of nitrogens with zero attached hydrogens (tertiary/aromatic N) is 1. The molecule has 1 aliphatic rings. The summed E-state index contributed by atoms with van der Waals surface area (Å²) in [7, 11) is 3.12. The first-order valence-corrected chi connectivity index (χ1v) is 11.5. The summed E-state index contributed by atoms with van der Waals surface area (Å²) in [5, 5.41) is 3.24. The highest BCUT2D eigenvalue weighted by Crippen LogP contribution is 2.29. The molecule has 0 atom stereocenters. The summed E-state index contributed by atoms with van der Waals surface area (Å²) >= 11 is 0. The molecule has 3 aromatic rings. The molecule has 0 aliphatic carbocycles. The summed E-state index contributed by atoms with van der Waals surface area (Å²) in [6.07, 6.45) is 1.42. The maximum absolute atomic E-state index is 13.4. The van der Waals surface area contributed by atoms with Crippen molar-refractivity contribution in [2.75, 3.05) is 27.3 Å². The second kappa shape index (κ2) is 10.9. The lowest BCUT2D eigenvalue weighted by Gasteiger charge is -2.33. The molecule has 0 spiro atoms. The molecule has 6 heteroatoms. The fraction of sp³-hybridized carbons (Fsp3) is 0.286. The molecule has 6 nitrogen and oxygen atoms in total. The van der Waals surface area contributed by atoms with Crippen LogP contribution < -0.4 is 14.8 Å². The highest BCUT2D eigenvalue weighted by Gasteiger charge is 2.28. The molecule has 1 fully saturated rings. The highest BCUT2D eigenvalue weighted by molar-refractivity contribution is 5.95. The van der Waals surface area contributed by atoms with Gasteiger partial charge in [-0.2, -0.15) is 0 Å². The average molecular weight is 459 g/mol. The van der Waals surface area contributed by atoms with Crippen molar-refractivity contribution in [3.8, 4) is 11.5 Å². The van der Waals surface area contributed by atoms with Gasteiger partial charge in [-0.15, -0.1) is 0 Å². The van der Waals surface area contributed by atoms with E-state index < -0.39 is 0 Å². The van der Waals surface area contributed by atoms with Crippen LogP contribution in [0.2, 0.25) is 0 Å². The van der Waals surface area contributed by atoms with E-state index in [9.17, 15) is 9.59 Å². The van der Waals surface area contributed by atoms with E-state index in [4.69, 9.17) is 9.47 Å². The van der Waals surface area contributed by atoms with Crippen molar-refractivity contribution in [1.82, 2.24) is 10.2 Å². The maximum atomic E-state index is 13.4. The zero-order valence-electron chi connectivity index (χ0n) is 19.6. The highest BCUT2D eigenvalue weighted by atomic mass is 16.5. The minimum absolute atomic E-state index is 0.0120. The Hall–Kier alpha value is -3.80. The molecule has 1 aliphatic heterocycles. The molecule has 0 radical (unpaired) electrons. The fourth-order valence-corrected chi connectivity index (χ4v) is 4.45. The van der Waals surface area contributed by atoms with Crippen LogP contribution in [0.3, 0.4) is 0 Å². The number of hydrogen-bond donors (Lipinski definition) is 1. The van der Waals surface area contributed by atoms with Gasteiger partial charge >= 0.3 is 0 Å². The quantitative estimate of drug-likeness (QED) is 0.575. The molecule has 0 unspecified atom stereocenters. The van der Waals surface area contributed by atoms with Gasteiger partial charge in [-0.25, -0.2) is 0 Å². The first kappa shape index (κ1) is 23.4. The van der Waals surface area contributed by atoms with Gasteiger partial charge in [-0.3, -0.25) is 9.59 Å². The molecule has 1 heterocycles. The lowest BCUT2D eigenvalue weighted by Crippen LogP contribution is -2.47. The van der Waals surface area contributed by atoms with Gasteiger partial charge in [0.25, 0.3) is 5.91 Å². The van der Waals surface area contributed by atoms with Gasteiger partial charge in [0.05, 0.1) is 20.1 Å². The number of piperidine rings is 1. The summed E-state index contributed by atoms with van der Waals surface area (Å²) in [4.78, 5) is 28.2. The van der Waals surface area contributed by atoms with Crippen LogP contribution in [-0.4, -0.2) is 50.1 Å². The second-order valence-corrected chi connectivity index (χ2v) is 8.40. The number of amides is 2. The van der Waals surface area contributed by atoms with E-state index >= 15 is 0 Å². The van der Waals surface area contributed by atoms with Crippen molar-refractivity contribution in [3.63, 3.8) is 0 Å². The molecule has 34 heavy (non-hydrogen) atoms. The average Bonchev–Trinajstić information content (AvgIpc) is 2.89. The Morgan fingerprint density at radius 1 is 0.824 bits per heavy atom. The summed E-state index contributed by atoms with van der Waals surface area (Å²) in [6, 6.07) is 24.9. The van der Waals surface area contributed by atoms with Crippen LogP contribution in [0.25, 0.3) is 0 Å². The molecular weight excluding hydrogens is 428 g/mol. The summed E-state index contributed by atoms with van der Waals surface area (Å²) in [6.45, 7) is 1.17. The number of hydrogen-bond acceptors (Lipinski definition) is 4. The van der Waals surface area contributed by atoms with Crippen LogP contribution >= 0.6 is 0 Å². The van der Waals surface area contributed by atoms with Gasteiger partial charge in [0.1, 0.15) is 0 Å². The van der Waals surface area contributed by atoms with E-state index in [1.165, 1.54) is 0 Å². The van der Waals surface area contributed by atoms with E-state index in [-0.39, 0.29) is 23.8 Å². The third kappa shape index (κ3) is 5.22. The number of benzene rings is 3. The normalized spacial score (nSPS) is 14.0. The van der Waals surface area contributed by atoms with Crippen LogP contribution in [0, 0.1) is 0 Å². The Morgan fingerprint density at radius 2 is 1.38 bits per heavy atom. The van der Waals surface area contributed by atoms with Gasteiger partial charge in [-0.1, -0.05) is 60.7 Å². The zero-order valence-corrected chi connectivity index (χ0v) is 19.6. The van der Waals surface area contributed by atoms with E-state index in [2.05, 4.69) is 5.32 Å². The van der Waals surface area contributed by atoms with Crippen molar-refractivity contribution in [3.05, 3.63) is 95.6 Å². The zero-order chi connectivity index (χ0) is 23.9. The van der Waals surface area contributed by atoms with Crippen molar-refractivity contribution in [2.45, 2.75) is 24.8 Å². The van der Waals surface area contributed by atoms with Crippen LogP contribution in [0.4, 0.5) is 0 Å². The van der Waals surface area contributed by atoms with Crippen molar-refractivity contribution >= 4 is 11.8 Å². The topological polar surface area (TPSA) is 67.9 Å². The maximum Gasteiger partial charge on any atom is 0.253 e. The van der Waals surface area contributed by atoms with Crippen LogP contribution in [-0.2, 0) is 4.79 Å². The fourth-order valence-electron chi connectivity index (χ4n) is 4.45. The predicted molar refractivity (Wildman–Crippen MR) is 131 cm³/mol. The first-order chi connectivity index (χ1) is 16.6. The predicted octanol–water partition coefficient (Wildman–Crippen LogP) is 4.26. The molecule has 1 saturated heterocycles. The molecule has 3 aromatic carbocycles. The van der Waals surface area contributed by atoms with Crippen LogP contribution in [0.15, 0.2) is 78.9 Å². The monoisotopic (exact) mass is 458 g/mol. The Balaban J connectivity index is 1.40. The summed E-state index contributed by atoms with van der Waals surface area (Å²) in [5.74, 6) is 0.697. The van der Waals surface area contributed by atoms with E-state index in [1.807, 2.05) is 65.6 Å². The van der Waals surface area contributed by atoms with Gasteiger partial charge in [0, 0.05) is 24.7 Å². The van der Waals surface area contributed by atoms with E-state index in [0.29, 0.717) is 43.0 Å². The number of ether oxygens (including phenoxy) is 2. The van der Waals surface area contributed by atoms with Gasteiger partial charge in [-0.05, 0) is 42.2 Å². The number of likely N-dealkylation sites (tertiary alicyclic amines) is 1. The third-order valence-corrected chi connectivity index (χ3v) is 6.29. The van der Waals surface area contributed by atoms with Crippen molar-refractivity contribution in [2.24, 2.45) is 0 Å². The molecule has 1 N–H and O–H groups in total. The molecule has 0 saturated carbocycles. The Bertz CT molecular complexity index is 1070. The number of rotatable bonds is 7. The van der Waals surface area contributed by atoms with Gasteiger partial charge < -0.3 is 19.7 Å². The van der Waals surface area contributed by atoms with Crippen molar-refractivity contribution in [1.29, 1.82) is 0 Å². The second-order valence-electron chi connectivity index (χ2n) is 8.40. The largest absolute Gasteiger partial charge is 0.493 e. The summed E-state index contributed by atoms with van der Waals surface area (Å²) in [5.41, 5.74) is 2.49. The summed E-state index contributed by atoms with van der Waals surface area (Å²) < 4.78 is 10.6. The first-order valence-electron chi connectivity index (χ1n) is 11.5. The molecule has 2 amide bonds. The van der Waals surface area contributed by atoms with Gasteiger partial charge in [0.2, 0.25) is 5.91 Å². The van der Waals surface area contributed by atoms with Gasteiger partial charge in [0.15, 0.2) is 11.5 Å². The van der Waals surface area contributed by atoms with Crippen LogP contribution in [0.1, 0.15) is 40.2 Å². The minimum Gasteiger partial charge on any atom is -0.493 e. The SMILES string of the molecule is COc1ccc(C(=O)N2CCC(NC(=O)C(c3ccccc3)c3ccccc3)CC2)cc1OC. The standard InChI is InChI=1S/C28H30N2O4/c1-33-24-14-13-22(19-25(24)34-2)28(32)30-17-15-23(16-18-30)29-27(31)26(20-9-5-3-6-10-20)21-11-7-4-8-12-21/h3-14,19,23,26H,15-18H2,1-2H3,(H,29,31). The molecule has 176 valence electrons. The van der Waals surface area contributed by atoms with Crippen LogP contribution in [0.5, 0.6) is 11.5 Å². The van der Waals surface area contributed by atoms with Crippen molar-refractivity contribution < 1.29 is 19.1 Å². The number of methoxy groups -OCH3 is 2. The minimum atomic E-state index is -0.367. The van der Waals surface area contributed by atoms with E-state index in [1.54, 1.807) is 32.4 Å². The Labute approximate surface area is 200 Å². The molecular formula is C28H30N2O4. The smallest absolute Gasteiger partial charge is 0.253 e. The van der Waals surface area contributed by atoms with E-state index in [0.717, 1.165) is 11.1 Å². The number of carbonyl (C=O) groups excluding carboxylic acids is 2. The molecule has 0 bridgehead atoms.